The predicted molar refractivity (Wildman–Crippen MR) is 212 cm³/mol. The highest BCUT2D eigenvalue weighted by Crippen LogP contribution is 2.46. The quantitative estimate of drug-likeness (QED) is 0.175. The zero-order valence-corrected chi connectivity index (χ0v) is 27.3. The molecule has 0 aliphatic rings. The molecule has 9 aromatic carbocycles. The molecule has 0 saturated carbocycles. The molecule has 234 valence electrons. The van der Waals surface area contributed by atoms with Crippen LogP contribution in [0.4, 0.5) is 17.1 Å². The van der Waals surface area contributed by atoms with Crippen LogP contribution in [0.15, 0.2) is 192 Å². The van der Waals surface area contributed by atoms with Crippen molar-refractivity contribution in [2.24, 2.45) is 0 Å². The van der Waals surface area contributed by atoms with Crippen molar-refractivity contribution in [2.75, 3.05) is 4.90 Å². The number of nitrogens with zero attached hydrogens (tertiary/aromatic N) is 1. The van der Waals surface area contributed by atoms with E-state index in [1.165, 1.54) is 60.0 Å². The number of anilines is 3. The number of fused-ring (bicyclic) bond motifs is 10. The molecule has 10 rings (SSSR count). The normalized spacial score (nSPS) is 11.6. The van der Waals surface area contributed by atoms with Gasteiger partial charge in [0.05, 0.1) is 5.69 Å². The molecule has 0 bridgehead atoms. The zero-order chi connectivity index (χ0) is 33.0. The van der Waals surface area contributed by atoms with Crippen LogP contribution in [0.5, 0.6) is 0 Å². The third-order valence-corrected chi connectivity index (χ3v) is 10.0. The first-order valence-corrected chi connectivity index (χ1v) is 17.1. The smallest absolute Gasteiger partial charge is 0.136 e. The molecule has 0 aliphatic carbocycles. The van der Waals surface area contributed by atoms with Crippen LogP contribution >= 0.6 is 0 Å². The summed E-state index contributed by atoms with van der Waals surface area (Å²) in [5, 5.41) is 9.71. The minimum Gasteiger partial charge on any atom is -0.456 e. The maximum Gasteiger partial charge on any atom is 0.136 e. The van der Waals surface area contributed by atoms with Crippen LogP contribution < -0.4 is 4.90 Å². The molecule has 10 aromatic rings. The second kappa shape index (κ2) is 11.5. The van der Waals surface area contributed by atoms with E-state index in [2.05, 4.69) is 187 Å². The highest BCUT2D eigenvalue weighted by atomic mass is 16.3. The molecule has 50 heavy (non-hydrogen) atoms. The third kappa shape index (κ3) is 4.50. The predicted octanol–water partition coefficient (Wildman–Crippen LogP) is 13.8. The van der Waals surface area contributed by atoms with E-state index in [9.17, 15) is 0 Å². The van der Waals surface area contributed by atoms with E-state index in [4.69, 9.17) is 4.42 Å². The Hall–Kier alpha value is -6.64. The van der Waals surface area contributed by atoms with Crippen molar-refractivity contribution in [3.63, 3.8) is 0 Å². The molecule has 1 aromatic heterocycles. The molecular formula is C48H31NO. The van der Waals surface area contributed by atoms with Gasteiger partial charge in [0.25, 0.3) is 0 Å². The minimum absolute atomic E-state index is 0.914. The van der Waals surface area contributed by atoms with Crippen LogP contribution in [-0.4, -0.2) is 0 Å². The van der Waals surface area contributed by atoms with Gasteiger partial charge in [-0.05, 0) is 92.2 Å². The van der Waals surface area contributed by atoms with Crippen molar-refractivity contribution in [3.05, 3.63) is 188 Å². The molecule has 2 nitrogen and oxygen atoms in total. The molecule has 2 heteroatoms. The summed E-state index contributed by atoms with van der Waals surface area (Å²) >= 11 is 0. The first-order chi connectivity index (χ1) is 24.8. The molecule has 0 saturated heterocycles. The Morgan fingerprint density at radius 2 is 0.900 bits per heavy atom. The van der Waals surface area contributed by atoms with E-state index in [0.717, 1.165) is 33.6 Å². The zero-order valence-electron chi connectivity index (χ0n) is 27.3. The molecule has 0 spiro atoms. The monoisotopic (exact) mass is 637 g/mol. The fourth-order valence-corrected chi connectivity index (χ4v) is 7.78. The summed E-state index contributed by atoms with van der Waals surface area (Å²) in [5.74, 6) is 0. The first kappa shape index (κ1) is 28.4. The van der Waals surface area contributed by atoms with Crippen molar-refractivity contribution < 1.29 is 4.42 Å². The minimum atomic E-state index is 0.914. The second-order valence-electron chi connectivity index (χ2n) is 12.9. The number of rotatable bonds is 5. The highest BCUT2D eigenvalue weighted by Gasteiger charge is 2.20. The molecule has 0 N–H and O–H groups in total. The fourth-order valence-electron chi connectivity index (χ4n) is 7.78. The van der Waals surface area contributed by atoms with Crippen molar-refractivity contribution >= 4 is 71.3 Å². The summed E-state index contributed by atoms with van der Waals surface area (Å²) in [6, 6.07) is 67.4. The Labute approximate surface area is 290 Å². The molecule has 0 amide bonds. The fraction of sp³-hybridized carbons (Fsp3) is 0. The van der Waals surface area contributed by atoms with Crippen molar-refractivity contribution in [3.8, 4) is 22.3 Å². The van der Waals surface area contributed by atoms with E-state index in [1.54, 1.807) is 0 Å². The van der Waals surface area contributed by atoms with Crippen LogP contribution in [0.25, 0.3) is 76.5 Å². The van der Waals surface area contributed by atoms with Gasteiger partial charge in [-0.25, -0.2) is 0 Å². The van der Waals surface area contributed by atoms with Crippen molar-refractivity contribution in [1.82, 2.24) is 0 Å². The van der Waals surface area contributed by atoms with Crippen LogP contribution in [0.1, 0.15) is 0 Å². The van der Waals surface area contributed by atoms with E-state index >= 15 is 0 Å². The van der Waals surface area contributed by atoms with E-state index < -0.39 is 0 Å². The molecule has 0 unspecified atom stereocenters. The number of para-hydroxylation sites is 3. The van der Waals surface area contributed by atoms with E-state index in [0.29, 0.717) is 0 Å². The molecular weight excluding hydrogens is 607 g/mol. The standard InChI is InChI=1S/C48H31NO/c1-3-13-32(14-4-1)33-23-25-34(26-24-33)37-17-9-11-21-44(37)49(35-15-5-2-6-16-35)36-27-28-39-38-18-7-8-19-40(38)47-41(43(39)31-36)29-30-46-48(47)42-20-10-12-22-45(42)50-46/h1-31H. The SMILES string of the molecule is c1ccc(-c2ccc(-c3ccccc3N(c3ccccc3)c3ccc4c5ccccc5c5c(ccc6oc7ccccc7c65)c4c3)cc2)cc1. The van der Waals surface area contributed by atoms with E-state index in [1.807, 2.05) is 6.07 Å². The summed E-state index contributed by atoms with van der Waals surface area (Å²) in [6.45, 7) is 0. The maximum absolute atomic E-state index is 6.38. The number of hydrogen-bond acceptors (Lipinski definition) is 2. The summed E-state index contributed by atoms with van der Waals surface area (Å²) in [7, 11) is 0. The van der Waals surface area contributed by atoms with Gasteiger partial charge in [-0.15, -0.1) is 0 Å². The molecule has 0 fully saturated rings. The lowest BCUT2D eigenvalue weighted by molar-refractivity contribution is 0.669. The largest absolute Gasteiger partial charge is 0.456 e. The Balaban J connectivity index is 1.22. The van der Waals surface area contributed by atoms with Gasteiger partial charge in [0.1, 0.15) is 11.2 Å². The van der Waals surface area contributed by atoms with Gasteiger partial charge in [0.2, 0.25) is 0 Å². The van der Waals surface area contributed by atoms with Gasteiger partial charge >= 0.3 is 0 Å². The highest BCUT2D eigenvalue weighted by molar-refractivity contribution is 6.34. The lowest BCUT2D eigenvalue weighted by Gasteiger charge is -2.28. The van der Waals surface area contributed by atoms with Crippen LogP contribution in [-0.2, 0) is 0 Å². The van der Waals surface area contributed by atoms with Crippen LogP contribution in [0.2, 0.25) is 0 Å². The average Bonchev–Trinajstić information content (AvgIpc) is 3.58. The Bertz CT molecular complexity index is 2850. The van der Waals surface area contributed by atoms with Gasteiger partial charge in [-0.1, -0.05) is 140 Å². The summed E-state index contributed by atoms with van der Waals surface area (Å²) in [5.41, 5.74) is 9.93. The second-order valence-corrected chi connectivity index (χ2v) is 12.9. The Kier molecular flexibility index (Phi) is 6.53. The van der Waals surface area contributed by atoms with Gasteiger partial charge in [-0.3, -0.25) is 0 Å². The van der Waals surface area contributed by atoms with Gasteiger partial charge < -0.3 is 9.32 Å². The van der Waals surface area contributed by atoms with E-state index in [-0.39, 0.29) is 0 Å². The summed E-state index contributed by atoms with van der Waals surface area (Å²) in [6.07, 6.45) is 0. The maximum atomic E-state index is 6.38. The number of benzene rings is 9. The van der Waals surface area contributed by atoms with Gasteiger partial charge in [0, 0.05) is 33.1 Å². The van der Waals surface area contributed by atoms with Crippen LogP contribution in [0, 0.1) is 0 Å². The summed E-state index contributed by atoms with van der Waals surface area (Å²) < 4.78 is 6.38. The van der Waals surface area contributed by atoms with Crippen molar-refractivity contribution in [2.45, 2.75) is 0 Å². The molecule has 0 aliphatic heterocycles. The van der Waals surface area contributed by atoms with Crippen LogP contribution in [0.3, 0.4) is 0 Å². The summed E-state index contributed by atoms with van der Waals surface area (Å²) in [4.78, 5) is 2.40. The third-order valence-electron chi connectivity index (χ3n) is 10.0. The first-order valence-electron chi connectivity index (χ1n) is 17.1. The lowest BCUT2D eigenvalue weighted by atomic mass is 9.91. The lowest BCUT2D eigenvalue weighted by Crippen LogP contribution is -2.11. The topological polar surface area (TPSA) is 16.4 Å². The molecule has 0 atom stereocenters. The van der Waals surface area contributed by atoms with Crippen molar-refractivity contribution in [1.29, 1.82) is 0 Å². The number of furan rings is 1. The Morgan fingerprint density at radius 3 is 1.72 bits per heavy atom. The molecule has 1 heterocycles. The average molecular weight is 638 g/mol. The Morgan fingerprint density at radius 1 is 0.320 bits per heavy atom. The molecule has 0 radical (unpaired) electrons. The van der Waals surface area contributed by atoms with Gasteiger partial charge in [0.15, 0.2) is 0 Å². The van der Waals surface area contributed by atoms with Gasteiger partial charge in [-0.2, -0.15) is 0 Å². The number of hydrogen-bond donors (Lipinski definition) is 0.